The van der Waals surface area contributed by atoms with Gasteiger partial charge in [-0.05, 0) is 38.5 Å². The third-order valence-corrected chi connectivity index (χ3v) is 4.68. The Bertz CT molecular complexity index is 751. The summed E-state index contributed by atoms with van der Waals surface area (Å²) >= 11 is 1.42. The van der Waals surface area contributed by atoms with Gasteiger partial charge in [-0.3, -0.25) is 4.79 Å². The van der Waals surface area contributed by atoms with Crippen LogP contribution in [0.5, 0.6) is 5.75 Å². The van der Waals surface area contributed by atoms with Gasteiger partial charge in [0, 0.05) is 16.2 Å². The second-order valence-electron chi connectivity index (χ2n) is 5.21. The zero-order chi connectivity index (χ0) is 17.7. The number of hydrogen-bond acceptors (Lipinski definition) is 5. The van der Waals surface area contributed by atoms with Gasteiger partial charge in [0.05, 0.1) is 19.5 Å². The van der Waals surface area contributed by atoms with Crippen molar-refractivity contribution in [2.75, 3.05) is 19.5 Å². The number of aromatic nitrogens is 1. The van der Waals surface area contributed by atoms with Gasteiger partial charge in [-0.15, -0.1) is 11.8 Å². The van der Waals surface area contributed by atoms with Gasteiger partial charge in [-0.1, -0.05) is 12.1 Å². The molecule has 0 radical (unpaired) electrons. The minimum atomic E-state index is -0.436. The number of ketones is 1. The summed E-state index contributed by atoms with van der Waals surface area (Å²) in [5.41, 5.74) is 2.22. The average molecular weight is 347 g/mol. The largest absolute Gasteiger partial charge is 0.496 e. The number of Topliss-reactive ketones (excluding diaryl/α,β-unsaturated/α-hetero) is 1. The van der Waals surface area contributed by atoms with E-state index in [2.05, 4.69) is 4.98 Å². The number of carbonyl (C=O) groups is 2. The normalized spacial score (nSPS) is 10.5. The van der Waals surface area contributed by atoms with Crippen molar-refractivity contribution in [3.8, 4) is 5.75 Å². The minimum absolute atomic E-state index is 0.0345. The number of methoxy groups -OCH3 is 1. The number of benzene rings is 1. The van der Waals surface area contributed by atoms with Gasteiger partial charge in [0.15, 0.2) is 5.78 Å². The monoisotopic (exact) mass is 347 g/mol. The van der Waals surface area contributed by atoms with Gasteiger partial charge in [0.25, 0.3) is 0 Å². The lowest BCUT2D eigenvalue weighted by atomic mass is 10.1. The Kier molecular flexibility index (Phi) is 6.09. The number of esters is 1. The van der Waals surface area contributed by atoms with Crippen LogP contribution in [0.15, 0.2) is 29.2 Å². The second-order valence-corrected chi connectivity index (χ2v) is 6.23. The summed E-state index contributed by atoms with van der Waals surface area (Å²) in [6.07, 6.45) is 0. The van der Waals surface area contributed by atoms with E-state index in [0.717, 1.165) is 10.6 Å². The summed E-state index contributed by atoms with van der Waals surface area (Å²) < 4.78 is 10.3. The number of H-pyrrole nitrogens is 1. The molecule has 1 aromatic heterocycles. The van der Waals surface area contributed by atoms with E-state index in [4.69, 9.17) is 9.47 Å². The van der Waals surface area contributed by atoms with E-state index in [1.165, 1.54) is 11.8 Å². The molecule has 5 nitrogen and oxygen atoms in total. The molecule has 0 fully saturated rings. The quantitative estimate of drug-likeness (QED) is 0.469. The molecule has 6 heteroatoms. The standard InChI is InChI=1S/C18H21NO4S/c1-5-23-18(21)17-11(2)16(12(3)19-17)13(20)10-24-15-9-7-6-8-14(15)22-4/h6-9,19H,5,10H2,1-4H3. The maximum absolute atomic E-state index is 12.6. The molecule has 0 bridgehead atoms. The Balaban J connectivity index is 2.17. The maximum atomic E-state index is 12.6. The third-order valence-electron chi connectivity index (χ3n) is 3.62. The number of rotatable bonds is 7. The molecule has 0 amide bonds. The number of nitrogens with one attached hydrogen (secondary N) is 1. The van der Waals surface area contributed by atoms with Gasteiger partial charge in [-0.25, -0.2) is 4.79 Å². The minimum Gasteiger partial charge on any atom is -0.496 e. The molecule has 2 aromatic rings. The van der Waals surface area contributed by atoms with Crippen LogP contribution in [0.1, 0.15) is 39.0 Å². The number of aryl methyl sites for hydroxylation is 1. The molecule has 0 saturated carbocycles. The summed E-state index contributed by atoms with van der Waals surface area (Å²) in [4.78, 5) is 28.4. The number of carbonyl (C=O) groups excluding carboxylic acids is 2. The van der Waals surface area contributed by atoms with Crippen LogP contribution < -0.4 is 4.74 Å². The summed E-state index contributed by atoms with van der Waals surface area (Å²) in [6, 6.07) is 7.56. The van der Waals surface area contributed by atoms with Crippen molar-refractivity contribution in [3.63, 3.8) is 0 Å². The SMILES string of the molecule is CCOC(=O)c1[nH]c(C)c(C(=O)CSc2ccccc2OC)c1C. The fourth-order valence-electron chi connectivity index (χ4n) is 2.53. The Morgan fingerprint density at radius 3 is 2.58 bits per heavy atom. The van der Waals surface area contributed by atoms with E-state index in [1.54, 1.807) is 27.9 Å². The van der Waals surface area contributed by atoms with E-state index in [-0.39, 0.29) is 11.5 Å². The van der Waals surface area contributed by atoms with Crippen LogP contribution in [0.2, 0.25) is 0 Å². The molecule has 0 unspecified atom stereocenters. The molecular formula is C18H21NO4S. The molecule has 1 aromatic carbocycles. The van der Waals surface area contributed by atoms with Gasteiger partial charge in [-0.2, -0.15) is 0 Å². The van der Waals surface area contributed by atoms with Crippen LogP contribution in [0.25, 0.3) is 0 Å². The fraction of sp³-hybridized carbons (Fsp3) is 0.333. The first-order chi connectivity index (χ1) is 11.5. The molecule has 0 saturated heterocycles. The van der Waals surface area contributed by atoms with E-state index in [0.29, 0.717) is 29.1 Å². The Hall–Kier alpha value is -2.21. The van der Waals surface area contributed by atoms with Crippen molar-refractivity contribution in [2.24, 2.45) is 0 Å². The summed E-state index contributed by atoms with van der Waals surface area (Å²) in [6.45, 7) is 5.59. The fourth-order valence-corrected chi connectivity index (χ4v) is 3.43. The van der Waals surface area contributed by atoms with Crippen molar-refractivity contribution >= 4 is 23.5 Å². The van der Waals surface area contributed by atoms with Crippen molar-refractivity contribution in [1.29, 1.82) is 0 Å². The zero-order valence-electron chi connectivity index (χ0n) is 14.3. The topological polar surface area (TPSA) is 68.4 Å². The van der Waals surface area contributed by atoms with Crippen LogP contribution in [-0.2, 0) is 4.74 Å². The molecule has 0 aliphatic rings. The number of aromatic amines is 1. The van der Waals surface area contributed by atoms with Gasteiger partial charge < -0.3 is 14.5 Å². The van der Waals surface area contributed by atoms with Crippen LogP contribution in [0.4, 0.5) is 0 Å². The van der Waals surface area contributed by atoms with E-state index < -0.39 is 5.97 Å². The van der Waals surface area contributed by atoms with Gasteiger partial charge in [0.2, 0.25) is 0 Å². The smallest absolute Gasteiger partial charge is 0.355 e. The highest BCUT2D eigenvalue weighted by atomic mass is 32.2. The number of thioether (sulfide) groups is 1. The van der Waals surface area contributed by atoms with Gasteiger partial charge in [0.1, 0.15) is 11.4 Å². The molecule has 1 heterocycles. The lowest BCUT2D eigenvalue weighted by molar-refractivity contribution is 0.0519. The summed E-state index contributed by atoms with van der Waals surface area (Å²) in [5.74, 6) is 0.537. The van der Waals surface area contributed by atoms with E-state index in [1.807, 2.05) is 24.3 Å². The lowest BCUT2D eigenvalue weighted by Gasteiger charge is -2.07. The highest BCUT2D eigenvalue weighted by molar-refractivity contribution is 8.00. The molecule has 0 spiro atoms. The van der Waals surface area contributed by atoms with Gasteiger partial charge >= 0.3 is 5.97 Å². The molecule has 2 rings (SSSR count). The zero-order valence-corrected chi connectivity index (χ0v) is 15.1. The number of para-hydroxylation sites is 1. The van der Waals surface area contributed by atoms with Crippen molar-refractivity contribution in [3.05, 3.63) is 46.8 Å². The molecule has 128 valence electrons. The highest BCUT2D eigenvalue weighted by Gasteiger charge is 2.22. The Morgan fingerprint density at radius 1 is 1.21 bits per heavy atom. The maximum Gasteiger partial charge on any atom is 0.355 e. The molecule has 0 aliphatic heterocycles. The molecule has 24 heavy (non-hydrogen) atoms. The number of hydrogen-bond donors (Lipinski definition) is 1. The van der Waals surface area contributed by atoms with Crippen LogP contribution in [-0.4, -0.2) is 36.2 Å². The van der Waals surface area contributed by atoms with E-state index >= 15 is 0 Å². The first-order valence-electron chi connectivity index (χ1n) is 7.64. The molecular weight excluding hydrogens is 326 g/mol. The molecule has 1 N–H and O–H groups in total. The van der Waals surface area contributed by atoms with Crippen LogP contribution in [0.3, 0.4) is 0 Å². The first-order valence-corrected chi connectivity index (χ1v) is 8.63. The Labute approximate surface area is 145 Å². The number of ether oxygens (including phenoxy) is 2. The second kappa shape index (κ2) is 8.06. The average Bonchev–Trinajstić information content (AvgIpc) is 2.88. The Morgan fingerprint density at radius 2 is 1.92 bits per heavy atom. The summed E-state index contributed by atoms with van der Waals surface area (Å²) in [5, 5.41) is 0. The van der Waals surface area contributed by atoms with Crippen molar-refractivity contribution in [2.45, 2.75) is 25.7 Å². The molecule has 0 atom stereocenters. The lowest BCUT2D eigenvalue weighted by Crippen LogP contribution is -2.08. The first kappa shape index (κ1) is 18.1. The predicted octanol–water partition coefficient (Wildman–Crippen LogP) is 3.79. The van der Waals surface area contributed by atoms with E-state index in [9.17, 15) is 9.59 Å². The van der Waals surface area contributed by atoms with Crippen molar-refractivity contribution in [1.82, 2.24) is 4.98 Å². The predicted molar refractivity (Wildman–Crippen MR) is 94.3 cm³/mol. The van der Waals surface area contributed by atoms with Crippen LogP contribution >= 0.6 is 11.8 Å². The summed E-state index contributed by atoms with van der Waals surface area (Å²) in [7, 11) is 1.60. The highest BCUT2D eigenvalue weighted by Crippen LogP contribution is 2.30. The molecule has 0 aliphatic carbocycles. The van der Waals surface area contributed by atoms with Crippen LogP contribution in [0, 0.1) is 13.8 Å². The van der Waals surface area contributed by atoms with Crippen molar-refractivity contribution < 1.29 is 19.1 Å². The third kappa shape index (κ3) is 3.82.